The van der Waals surface area contributed by atoms with Gasteiger partial charge in [-0.3, -0.25) is 14.7 Å². The van der Waals surface area contributed by atoms with Crippen molar-refractivity contribution in [1.29, 1.82) is 0 Å². The normalized spacial score (nSPS) is 10.5. The molecular formula is C17H17Cl2N3O4S. The number of amides is 1. The van der Waals surface area contributed by atoms with Crippen LogP contribution in [0.5, 0.6) is 0 Å². The molecule has 0 aliphatic heterocycles. The van der Waals surface area contributed by atoms with E-state index < -0.39 is 11.5 Å². The molecule has 2 N–H and O–H groups in total. The van der Waals surface area contributed by atoms with E-state index in [0.717, 1.165) is 11.8 Å². The van der Waals surface area contributed by atoms with E-state index in [9.17, 15) is 14.4 Å². The van der Waals surface area contributed by atoms with Gasteiger partial charge >= 0.3 is 5.97 Å². The summed E-state index contributed by atoms with van der Waals surface area (Å²) in [5.41, 5.74) is 0.221. The second kappa shape index (κ2) is 9.16. The fraction of sp³-hybridized carbons (Fsp3) is 0.235. The Kier molecular flexibility index (Phi) is 7.18. The SMILES string of the molecule is C=C(C)C(=O)OCCSc1c(NC(C)=O)[nH]n(-c2cc(Cl)ccc2Cl)c1=O. The fourth-order valence-electron chi connectivity index (χ4n) is 2.04. The maximum absolute atomic E-state index is 12.8. The minimum Gasteiger partial charge on any atom is -0.461 e. The number of nitrogens with one attached hydrogen (secondary N) is 2. The van der Waals surface area contributed by atoms with Gasteiger partial charge in [0.2, 0.25) is 5.91 Å². The van der Waals surface area contributed by atoms with Gasteiger partial charge < -0.3 is 10.1 Å². The Bertz CT molecular complexity index is 952. The monoisotopic (exact) mass is 429 g/mol. The molecule has 2 rings (SSSR count). The van der Waals surface area contributed by atoms with Crippen molar-refractivity contribution in [3.63, 3.8) is 0 Å². The van der Waals surface area contributed by atoms with Gasteiger partial charge in [-0.05, 0) is 25.1 Å². The number of carbonyl (C=O) groups excluding carboxylic acids is 2. The summed E-state index contributed by atoms with van der Waals surface area (Å²) in [7, 11) is 0. The van der Waals surface area contributed by atoms with Gasteiger partial charge in [-0.15, -0.1) is 11.8 Å². The van der Waals surface area contributed by atoms with Crippen LogP contribution in [0.1, 0.15) is 13.8 Å². The summed E-state index contributed by atoms with van der Waals surface area (Å²) < 4.78 is 6.20. The number of H-pyrrole nitrogens is 1. The fourth-order valence-corrected chi connectivity index (χ4v) is 3.24. The number of halogens is 2. The molecular weight excluding hydrogens is 413 g/mol. The molecule has 0 aliphatic carbocycles. The van der Waals surface area contributed by atoms with Crippen molar-refractivity contribution in [2.75, 3.05) is 17.7 Å². The van der Waals surface area contributed by atoms with Gasteiger partial charge in [-0.1, -0.05) is 29.8 Å². The molecule has 0 bridgehead atoms. The summed E-state index contributed by atoms with van der Waals surface area (Å²) in [6.45, 7) is 6.45. The molecule has 1 aromatic carbocycles. The third-order valence-corrected chi connectivity index (χ3v) is 4.80. The first kappa shape index (κ1) is 21.1. The van der Waals surface area contributed by atoms with Crippen LogP contribution in [0.15, 0.2) is 40.0 Å². The number of ether oxygens (including phenoxy) is 1. The lowest BCUT2D eigenvalue weighted by atomic mass is 10.3. The third-order valence-electron chi connectivity index (χ3n) is 3.21. The Morgan fingerprint density at radius 3 is 2.67 bits per heavy atom. The second-order valence-corrected chi connectivity index (χ2v) is 7.45. The highest BCUT2D eigenvalue weighted by molar-refractivity contribution is 7.99. The molecule has 0 radical (unpaired) electrons. The minimum absolute atomic E-state index is 0.0818. The average Bonchev–Trinajstić information content (AvgIpc) is 2.88. The van der Waals surface area contributed by atoms with Crippen molar-refractivity contribution < 1.29 is 14.3 Å². The van der Waals surface area contributed by atoms with Gasteiger partial charge in [0.05, 0.1) is 10.7 Å². The van der Waals surface area contributed by atoms with Gasteiger partial charge in [0.25, 0.3) is 5.56 Å². The molecule has 1 aromatic heterocycles. The molecule has 0 fully saturated rings. The number of thioether (sulfide) groups is 1. The zero-order chi connectivity index (χ0) is 20.1. The molecule has 0 atom stereocenters. The largest absolute Gasteiger partial charge is 0.461 e. The summed E-state index contributed by atoms with van der Waals surface area (Å²) in [6, 6.07) is 4.69. The number of esters is 1. The van der Waals surface area contributed by atoms with E-state index in [0.29, 0.717) is 27.1 Å². The van der Waals surface area contributed by atoms with Crippen molar-refractivity contribution in [2.24, 2.45) is 0 Å². The summed E-state index contributed by atoms with van der Waals surface area (Å²) in [5.74, 6) is -0.326. The van der Waals surface area contributed by atoms with Crippen molar-refractivity contribution >= 4 is 52.7 Å². The number of nitrogens with zero attached hydrogens (tertiary/aromatic N) is 1. The Morgan fingerprint density at radius 2 is 2.04 bits per heavy atom. The van der Waals surface area contributed by atoms with E-state index in [1.165, 1.54) is 17.7 Å². The average molecular weight is 430 g/mol. The number of hydrogen-bond acceptors (Lipinski definition) is 5. The molecule has 7 nitrogen and oxygen atoms in total. The molecule has 0 spiro atoms. The highest BCUT2D eigenvalue weighted by Gasteiger charge is 2.18. The molecule has 0 saturated carbocycles. The van der Waals surface area contributed by atoms with E-state index in [1.807, 2.05) is 0 Å². The summed E-state index contributed by atoms with van der Waals surface area (Å²) in [6.07, 6.45) is 0. The number of carbonyl (C=O) groups is 2. The van der Waals surface area contributed by atoms with Crippen LogP contribution in [-0.2, 0) is 14.3 Å². The van der Waals surface area contributed by atoms with Crippen LogP contribution in [0.4, 0.5) is 5.82 Å². The van der Waals surface area contributed by atoms with E-state index in [2.05, 4.69) is 17.0 Å². The maximum Gasteiger partial charge on any atom is 0.333 e. The lowest BCUT2D eigenvalue weighted by Crippen LogP contribution is -2.16. The van der Waals surface area contributed by atoms with Crippen LogP contribution >= 0.6 is 35.0 Å². The summed E-state index contributed by atoms with van der Waals surface area (Å²) >= 11 is 13.3. The van der Waals surface area contributed by atoms with Gasteiger partial charge in [-0.25, -0.2) is 9.48 Å². The zero-order valence-corrected chi connectivity index (χ0v) is 16.9. The first-order chi connectivity index (χ1) is 12.7. The molecule has 0 saturated heterocycles. The number of hydrogen-bond donors (Lipinski definition) is 2. The predicted octanol–water partition coefficient (Wildman–Crippen LogP) is 3.64. The molecule has 27 heavy (non-hydrogen) atoms. The van der Waals surface area contributed by atoms with Crippen LogP contribution in [0, 0.1) is 0 Å². The van der Waals surface area contributed by atoms with Gasteiger partial charge in [0, 0.05) is 23.3 Å². The third kappa shape index (κ3) is 5.41. The molecule has 10 heteroatoms. The van der Waals surface area contributed by atoms with Crippen molar-refractivity contribution in [1.82, 2.24) is 9.78 Å². The van der Waals surface area contributed by atoms with Gasteiger partial charge in [0.15, 0.2) is 0 Å². The van der Waals surface area contributed by atoms with Crippen molar-refractivity contribution in [3.8, 4) is 5.69 Å². The van der Waals surface area contributed by atoms with Gasteiger partial charge in [0.1, 0.15) is 17.3 Å². The molecule has 0 unspecified atom stereocenters. The van der Waals surface area contributed by atoms with Crippen LogP contribution in [0.3, 0.4) is 0 Å². The topological polar surface area (TPSA) is 93.2 Å². The molecule has 0 aliphatic rings. The smallest absolute Gasteiger partial charge is 0.333 e. The van der Waals surface area contributed by atoms with Crippen LogP contribution in [0.2, 0.25) is 10.0 Å². The zero-order valence-electron chi connectivity index (χ0n) is 14.6. The molecule has 1 amide bonds. The lowest BCUT2D eigenvalue weighted by molar-refractivity contribution is -0.138. The number of anilines is 1. The molecule has 1 heterocycles. The number of aromatic amines is 1. The first-order valence-corrected chi connectivity index (χ1v) is 9.48. The standard InChI is InChI=1S/C17H17Cl2N3O4S/c1-9(2)17(25)26-6-7-27-14-15(20-10(3)23)21-22(16(14)24)13-8-11(18)4-5-12(13)19/h4-5,8,21H,1,6-7H2,2-3H3,(H,20,23). The van der Waals surface area contributed by atoms with E-state index >= 15 is 0 Å². The van der Waals surface area contributed by atoms with E-state index in [-0.39, 0.29) is 23.2 Å². The molecule has 2 aromatic rings. The van der Waals surface area contributed by atoms with Crippen molar-refractivity contribution in [2.45, 2.75) is 18.7 Å². The number of benzene rings is 1. The minimum atomic E-state index is -0.505. The maximum atomic E-state index is 12.8. The van der Waals surface area contributed by atoms with Crippen molar-refractivity contribution in [3.05, 3.63) is 50.8 Å². The highest BCUT2D eigenvalue weighted by atomic mass is 35.5. The number of rotatable bonds is 7. The van der Waals surface area contributed by atoms with E-state index in [1.54, 1.807) is 19.1 Å². The molecule has 144 valence electrons. The Hall–Kier alpha value is -2.16. The Morgan fingerprint density at radius 1 is 1.33 bits per heavy atom. The summed E-state index contributed by atoms with van der Waals surface area (Å²) in [4.78, 5) is 35.9. The Balaban J connectivity index is 2.30. The number of aromatic nitrogens is 2. The summed E-state index contributed by atoms with van der Waals surface area (Å²) in [5, 5.41) is 6.10. The Labute approximate surface area is 169 Å². The second-order valence-electron chi connectivity index (χ2n) is 5.50. The van der Waals surface area contributed by atoms with Gasteiger partial charge in [-0.2, -0.15) is 0 Å². The first-order valence-electron chi connectivity index (χ1n) is 7.74. The lowest BCUT2D eigenvalue weighted by Gasteiger charge is -2.05. The van der Waals surface area contributed by atoms with Crippen LogP contribution in [0.25, 0.3) is 5.69 Å². The van der Waals surface area contributed by atoms with Crippen LogP contribution in [-0.4, -0.2) is 34.0 Å². The highest BCUT2D eigenvalue weighted by Crippen LogP contribution is 2.27. The predicted molar refractivity (Wildman–Crippen MR) is 107 cm³/mol. The van der Waals surface area contributed by atoms with Crippen LogP contribution < -0.4 is 10.9 Å². The van der Waals surface area contributed by atoms with E-state index in [4.69, 9.17) is 27.9 Å². The quantitative estimate of drug-likeness (QED) is 0.303.